The van der Waals surface area contributed by atoms with E-state index in [1.54, 1.807) is 6.07 Å². The molecule has 1 saturated heterocycles. The molecule has 1 aromatic carbocycles. The molecule has 0 spiro atoms. The van der Waals surface area contributed by atoms with Crippen LogP contribution in [0.5, 0.6) is 0 Å². The van der Waals surface area contributed by atoms with Crippen LogP contribution in [0.3, 0.4) is 0 Å². The maximum absolute atomic E-state index is 6.17. The molecule has 1 atom stereocenters. The summed E-state index contributed by atoms with van der Waals surface area (Å²) in [6.45, 7) is 5.14. The smallest absolute Gasteiger partial charge is 0.191 e. The van der Waals surface area contributed by atoms with E-state index in [-0.39, 0.29) is 0 Å². The van der Waals surface area contributed by atoms with E-state index in [9.17, 15) is 0 Å². The molecule has 0 aromatic heterocycles. The van der Waals surface area contributed by atoms with E-state index in [0.29, 0.717) is 22.7 Å². The second kappa shape index (κ2) is 9.23. The molecule has 2 rings (SSSR count). The summed E-state index contributed by atoms with van der Waals surface area (Å²) in [7, 11) is 0. The Hall–Kier alpha value is -0.970. The number of nitrogens with one attached hydrogen (secondary N) is 2. The Kier molecular flexibility index (Phi) is 7.30. The lowest BCUT2D eigenvalue weighted by atomic mass is 10.2. The monoisotopic (exact) mass is 343 g/mol. The zero-order chi connectivity index (χ0) is 15.8. The molecule has 1 fully saturated rings. The lowest BCUT2D eigenvalue weighted by molar-refractivity contribution is 0.105. The first kappa shape index (κ1) is 17.4. The minimum Gasteiger partial charge on any atom is -0.378 e. The van der Waals surface area contributed by atoms with Crippen molar-refractivity contribution in [2.24, 2.45) is 4.99 Å². The Bertz CT molecular complexity index is 502. The molecule has 0 bridgehead atoms. The fourth-order valence-electron chi connectivity index (χ4n) is 2.38. The summed E-state index contributed by atoms with van der Waals surface area (Å²) in [5.41, 5.74) is 0.961. The molecule has 1 unspecified atom stereocenters. The number of ether oxygens (including phenoxy) is 1. The molecule has 22 heavy (non-hydrogen) atoms. The van der Waals surface area contributed by atoms with Gasteiger partial charge in [0.05, 0.1) is 12.6 Å². The van der Waals surface area contributed by atoms with Crippen molar-refractivity contribution in [1.82, 2.24) is 10.6 Å². The summed E-state index contributed by atoms with van der Waals surface area (Å²) in [5.74, 6) is 0.798. The van der Waals surface area contributed by atoms with Crippen molar-refractivity contribution in [3.05, 3.63) is 33.8 Å². The van der Waals surface area contributed by atoms with Gasteiger partial charge in [0.2, 0.25) is 0 Å². The van der Waals surface area contributed by atoms with E-state index < -0.39 is 0 Å². The predicted molar refractivity (Wildman–Crippen MR) is 92.9 cm³/mol. The molecule has 2 N–H and O–H groups in total. The van der Waals surface area contributed by atoms with E-state index in [1.807, 2.05) is 19.1 Å². The normalized spacial score (nSPS) is 18.5. The van der Waals surface area contributed by atoms with Crippen molar-refractivity contribution >= 4 is 29.2 Å². The third-order valence-electron chi connectivity index (χ3n) is 3.55. The molecule has 1 aromatic rings. The van der Waals surface area contributed by atoms with Crippen LogP contribution in [-0.2, 0) is 11.3 Å². The Morgan fingerprint density at radius 3 is 2.91 bits per heavy atom. The Morgan fingerprint density at radius 2 is 2.23 bits per heavy atom. The second-order valence-corrected chi connectivity index (χ2v) is 6.13. The largest absolute Gasteiger partial charge is 0.378 e. The third-order valence-corrected chi connectivity index (χ3v) is 4.14. The van der Waals surface area contributed by atoms with Crippen LogP contribution in [0.2, 0.25) is 10.0 Å². The van der Waals surface area contributed by atoms with Crippen LogP contribution in [0.1, 0.15) is 31.7 Å². The average Bonchev–Trinajstić information content (AvgIpc) is 2.99. The van der Waals surface area contributed by atoms with Gasteiger partial charge in [-0.1, -0.05) is 29.3 Å². The highest BCUT2D eigenvalue weighted by Crippen LogP contribution is 2.21. The van der Waals surface area contributed by atoms with Crippen LogP contribution in [-0.4, -0.2) is 31.8 Å². The molecule has 1 heterocycles. The van der Waals surface area contributed by atoms with Crippen LogP contribution in [0.15, 0.2) is 23.2 Å². The fourth-order valence-corrected chi connectivity index (χ4v) is 2.85. The summed E-state index contributed by atoms with van der Waals surface area (Å²) in [5, 5.41) is 7.86. The predicted octanol–water partition coefficient (Wildman–Crippen LogP) is 3.62. The van der Waals surface area contributed by atoms with Gasteiger partial charge in [-0.25, -0.2) is 4.99 Å². The van der Waals surface area contributed by atoms with Gasteiger partial charge in [0, 0.05) is 29.7 Å². The summed E-state index contributed by atoms with van der Waals surface area (Å²) >= 11 is 12.1. The van der Waals surface area contributed by atoms with Crippen LogP contribution < -0.4 is 10.6 Å². The van der Waals surface area contributed by atoms with E-state index in [2.05, 4.69) is 15.6 Å². The Morgan fingerprint density at radius 1 is 1.36 bits per heavy atom. The van der Waals surface area contributed by atoms with Crippen LogP contribution in [0, 0.1) is 0 Å². The molecule has 1 aliphatic rings. The lowest BCUT2D eigenvalue weighted by Crippen LogP contribution is -2.38. The Balaban J connectivity index is 1.85. The molecular weight excluding hydrogens is 321 g/mol. The molecule has 0 amide bonds. The standard InChI is InChI=1S/C16H23Cl2N3O/c1-2-19-16(20-8-7-14-4-3-9-22-14)21-11-12-5-6-13(17)10-15(12)18/h5-6,10,14H,2-4,7-9,11H2,1H3,(H2,19,20,21). The summed E-state index contributed by atoms with van der Waals surface area (Å²) in [6.07, 6.45) is 3.73. The Labute approximate surface area is 142 Å². The molecule has 0 saturated carbocycles. The number of benzene rings is 1. The number of halogens is 2. The van der Waals surface area contributed by atoms with Crippen LogP contribution >= 0.6 is 23.2 Å². The van der Waals surface area contributed by atoms with Crippen LogP contribution in [0.4, 0.5) is 0 Å². The van der Waals surface area contributed by atoms with Gasteiger partial charge in [0.15, 0.2) is 5.96 Å². The molecule has 4 nitrogen and oxygen atoms in total. The van der Waals surface area contributed by atoms with E-state index in [0.717, 1.165) is 44.1 Å². The number of guanidine groups is 1. The summed E-state index contributed by atoms with van der Waals surface area (Å²) in [6, 6.07) is 5.48. The van der Waals surface area contributed by atoms with Crippen molar-refractivity contribution in [2.75, 3.05) is 19.7 Å². The van der Waals surface area contributed by atoms with Gasteiger partial charge in [0.25, 0.3) is 0 Å². The molecule has 0 radical (unpaired) electrons. The van der Waals surface area contributed by atoms with Crippen molar-refractivity contribution in [3.8, 4) is 0 Å². The maximum atomic E-state index is 6.17. The molecule has 1 aliphatic heterocycles. The van der Waals surface area contributed by atoms with Crippen molar-refractivity contribution in [3.63, 3.8) is 0 Å². The molecule has 0 aliphatic carbocycles. The van der Waals surface area contributed by atoms with Crippen molar-refractivity contribution in [2.45, 2.75) is 38.8 Å². The number of nitrogens with zero attached hydrogens (tertiary/aromatic N) is 1. The second-order valence-electron chi connectivity index (χ2n) is 5.28. The highest BCUT2D eigenvalue weighted by atomic mass is 35.5. The average molecular weight is 344 g/mol. The lowest BCUT2D eigenvalue weighted by Gasteiger charge is -2.14. The van der Waals surface area contributed by atoms with Crippen LogP contribution in [0.25, 0.3) is 0 Å². The number of hydrogen-bond acceptors (Lipinski definition) is 2. The van der Waals surface area contributed by atoms with Crippen molar-refractivity contribution in [1.29, 1.82) is 0 Å². The zero-order valence-electron chi connectivity index (χ0n) is 12.9. The third kappa shape index (κ3) is 5.67. The first-order valence-electron chi connectivity index (χ1n) is 7.76. The van der Waals surface area contributed by atoms with E-state index in [1.165, 1.54) is 6.42 Å². The number of hydrogen-bond donors (Lipinski definition) is 2. The fraction of sp³-hybridized carbons (Fsp3) is 0.562. The van der Waals surface area contributed by atoms with Crippen molar-refractivity contribution < 1.29 is 4.74 Å². The van der Waals surface area contributed by atoms with E-state index in [4.69, 9.17) is 27.9 Å². The van der Waals surface area contributed by atoms with Gasteiger partial charge >= 0.3 is 0 Å². The molecule has 6 heteroatoms. The topological polar surface area (TPSA) is 45.7 Å². The highest BCUT2D eigenvalue weighted by Gasteiger charge is 2.14. The van der Waals surface area contributed by atoms with Gasteiger partial charge in [-0.3, -0.25) is 0 Å². The zero-order valence-corrected chi connectivity index (χ0v) is 14.4. The SMILES string of the molecule is CCNC(=NCc1ccc(Cl)cc1Cl)NCCC1CCCO1. The maximum Gasteiger partial charge on any atom is 0.191 e. The first-order valence-corrected chi connectivity index (χ1v) is 8.52. The van der Waals surface area contributed by atoms with E-state index >= 15 is 0 Å². The first-order chi connectivity index (χ1) is 10.7. The van der Waals surface area contributed by atoms with Gasteiger partial charge in [-0.15, -0.1) is 0 Å². The van der Waals surface area contributed by atoms with Gasteiger partial charge in [-0.2, -0.15) is 0 Å². The van der Waals surface area contributed by atoms with Gasteiger partial charge in [-0.05, 0) is 43.9 Å². The number of aliphatic imine (C=N–C) groups is 1. The van der Waals surface area contributed by atoms with Gasteiger partial charge < -0.3 is 15.4 Å². The summed E-state index contributed by atoms with van der Waals surface area (Å²) < 4.78 is 5.62. The minimum atomic E-state index is 0.390. The molecular formula is C16H23Cl2N3O. The molecule has 122 valence electrons. The highest BCUT2D eigenvalue weighted by molar-refractivity contribution is 6.35. The van der Waals surface area contributed by atoms with Gasteiger partial charge in [0.1, 0.15) is 0 Å². The minimum absolute atomic E-state index is 0.390. The quantitative estimate of drug-likeness (QED) is 0.612. The summed E-state index contributed by atoms with van der Waals surface area (Å²) in [4.78, 5) is 4.56. The number of rotatable bonds is 6.